The average molecular weight is 266 g/mol. The molecular weight excluding hydrogens is 243 g/mol. The molecule has 4 nitrogen and oxygen atoms in total. The smallest absolute Gasteiger partial charge is 0.508 e. The molecule has 0 saturated carbocycles. The second-order valence-electron chi connectivity index (χ2n) is 3.10. The van der Waals surface area contributed by atoms with Crippen LogP contribution in [0.3, 0.4) is 0 Å². The van der Waals surface area contributed by atoms with Gasteiger partial charge in [-0.25, -0.2) is 0 Å². The van der Waals surface area contributed by atoms with Gasteiger partial charge in [-0.3, -0.25) is 0 Å². The van der Waals surface area contributed by atoms with E-state index < -0.39 is 16.6 Å². The van der Waals surface area contributed by atoms with E-state index in [0.717, 1.165) is 0 Å². The van der Waals surface area contributed by atoms with Gasteiger partial charge >= 0.3 is 8.80 Å². The Morgan fingerprint density at radius 2 is 1.44 bits per heavy atom. The second-order valence-corrected chi connectivity index (χ2v) is 7.57. The first-order valence-electron chi connectivity index (χ1n) is 5.83. The number of hydrogen-bond donors (Lipinski definition) is 0. The number of hydrogen-bond acceptors (Lipinski definition) is 4. The minimum atomic E-state index is -2.61. The molecule has 0 aromatic rings. The van der Waals surface area contributed by atoms with Crippen LogP contribution in [0.2, 0.25) is 6.04 Å². The van der Waals surface area contributed by atoms with Crippen LogP contribution in [0.5, 0.6) is 0 Å². The van der Waals surface area contributed by atoms with Crippen molar-refractivity contribution in [2.24, 2.45) is 0 Å². The summed E-state index contributed by atoms with van der Waals surface area (Å²) in [4.78, 5) is 11.4. The fourth-order valence-electron chi connectivity index (χ4n) is 1.30. The Hall–Kier alpha value is 0.227. The molecule has 0 fully saturated rings. The Balaban J connectivity index is 4.58. The van der Waals surface area contributed by atoms with E-state index in [-0.39, 0.29) is 0 Å². The van der Waals surface area contributed by atoms with Crippen molar-refractivity contribution in [3.05, 3.63) is 0 Å². The van der Waals surface area contributed by atoms with Crippen LogP contribution in [-0.2, 0) is 13.3 Å². The molecule has 16 heavy (non-hydrogen) atoms. The highest BCUT2D eigenvalue weighted by molar-refractivity contribution is 7.50. The van der Waals surface area contributed by atoms with E-state index in [0.29, 0.717) is 32.0 Å². The minimum absolute atomic E-state index is 0.533. The topological polar surface area (TPSA) is 50.8 Å². The molecule has 0 saturated heterocycles. The highest BCUT2D eigenvalue weighted by atomic mass is 31.1. The van der Waals surface area contributed by atoms with Gasteiger partial charge in [0.1, 0.15) is 0 Å². The van der Waals surface area contributed by atoms with E-state index >= 15 is 0 Å². The predicted molar refractivity (Wildman–Crippen MR) is 69.0 cm³/mol. The Morgan fingerprint density at radius 1 is 1.00 bits per heavy atom. The third kappa shape index (κ3) is 6.08. The second kappa shape index (κ2) is 9.28. The zero-order valence-electron chi connectivity index (χ0n) is 10.7. The lowest BCUT2D eigenvalue weighted by molar-refractivity contribution is -0.152. The van der Waals surface area contributed by atoms with Crippen LogP contribution in [0.4, 0.5) is 0 Å². The van der Waals surface area contributed by atoms with Crippen molar-refractivity contribution in [2.45, 2.75) is 33.7 Å². The molecule has 96 valence electrons. The molecule has 0 bridgehead atoms. The normalized spacial score (nSPS) is 13.2. The molecule has 0 spiro atoms. The highest BCUT2D eigenvalue weighted by Gasteiger charge is 2.40. The minimum Gasteiger partial charge on any atom is -0.631 e. The van der Waals surface area contributed by atoms with E-state index in [4.69, 9.17) is 13.3 Å². The van der Waals surface area contributed by atoms with E-state index in [2.05, 4.69) is 0 Å². The fraction of sp³-hybridized carbons (Fsp3) is 0.900. The Bertz CT molecular complexity index is 194. The summed E-state index contributed by atoms with van der Waals surface area (Å²) < 4.78 is 16.9. The van der Waals surface area contributed by atoms with Gasteiger partial charge < -0.3 is 18.2 Å². The van der Waals surface area contributed by atoms with Gasteiger partial charge in [0.2, 0.25) is 0 Å². The predicted octanol–water partition coefficient (Wildman–Crippen LogP) is 1.61. The first-order chi connectivity index (χ1) is 7.64. The molecule has 0 heterocycles. The molecule has 0 aliphatic rings. The fourth-order valence-corrected chi connectivity index (χ4v) is 5.19. The van der Waals surface area contributed by atoms with Gasteiger partial charge in [0.05, 0.1) is 18.0 Å². The van der Waals surface area contributed by atoms with Gasteiger partial charge in [0.15, 0.2) is 0 Å². The van der Waals surface area contributed by atoms with E-state index in [1.807, 2.05) is 27.7 Å². The summed E-state index contributed by atoms with van der Waals surface area (Å²) >= 11 is 0. The van der Waals surface area contributed by atoms with Crippen molar-refractivity contribution in [3.63, 3.8) is 0 Å². The summed E-state index contributed by atoms with van der Waals surface area (Å²) in [5.74, 6) is 1.78. The largest absolute Gasteiger partial charge is 0.631 e. The van der Waals surface area contributed by atoms with Crippen molar-refractivity contribution in [3.8, 4) is 0 Å². The van der Waals surface area contributed by atoms with Gasteiger partial charge in [-0.2, -0.15) is 0 Å². The van der Waals surface area contributed by atoms with Crippen molar-refractivity contribution in [1.29, 1.82) is 0 Å². The SMILES string of the molecule is CCO[Si](CC=[P+]([O-])CC)(OCC)OCC. The zero-order valence-corrected chi connectivity index (χ0v) is 12.6. The van der Waals surface area contributed by atoms with Crippen LogP contribution in [0, 0.1) is 0 Å². The van der Waals surface area contributed by atoms with Crippen LogP contribution in [0.15, 0.2) is 0 Å². The molecule has 0 amide bonds. The molecule has 1 atom stereocenters. The lowest BCUT2D eigenvalue weighted by atomic mass is 10.9. The Kier molecular flexibility index (Phi) is 9.41. The van der Waals surface area contributed by atoms with Crippen molar-refractivity contribution in [1.82, 2.24) is 0 Å². The maximum Gasteiger partial charge on any atom is 0.508 e. The standard InChI is InChI=1S/C10H23O4PSi/c1-5-12-16(13-6-2,14-7-3)10-9-15(11)8-4/h9H,5-8,10H2,1-4H3. The van der Waals surface area contributed by atoms with Gasteiger partial charge in [-0.15, -0.1) is 0 Å². The third-order valence-corrected chi connectivity index (χ3v) is 6.40. The van der Waals surface area contributed by atoms with Gasteiger partial charge in [-0.05, 0) is 27.7 Å². The maximum absolute atomic E-state index is 11.4. The zero-order chi connectivity index (χ0) is 12.4. The summed E-state index contributed by atoms with van der Waals surface area (Å²) in [7, 11) is -3.87. The summed E-state index contributed by atoms with van der Waals surface area (Å²) in [6.07, 6.45) is 0.657. The molecule has 0 aliphatic carbocycles. The summed E-state index contributed by atoms with van der Waals surface area (Å²) in [6.45, 7) is 9.33. The average Bonchev–Trinajstić information content (AvgIpc) is 2.27. The maximum atomic E-state index is 11.4. The Labute approximate surface area is 101 Å². The lowest BCUT2D eigenvalue weighted by Crippen LogP contribution is -2.46. The molecule has 6 heteroatoms. The Morgan fingerprint density at radius 3 is 1.75 bits per heavy atom. The van der Waals surface area contributed by atoms with E-state index in [1.165, 1.54) is 0 Å². The van der Waals surface area contributed by atoms with Crippen LogP contribution < -0.4 is 4.89 Å². The molecule has 0 aromatic carbocycles. The molecule has 0 radical (unpaired) electrons. The van der Waals surface area contributed by atoms with Crippen molar-refractivity contribution in [2.75, 3.05) is 26.0 Å². The lowest BCUT2D eigenvalue weighted by Gasteiger charge is -2.26. The van der Waals surface area contributed by atoms with Gasteiger partial charge in [0, 0.05) is 27.6 Å². The third-order valence-electron chi connectivity index (χ3n) is 1.95. The van der Waals surface area contributed by atoms with Crippen LogP contribution >= 0.6 is 7.77 Å². The van der Waals surface area contributed by atoms with Crippen molar-refractivity contribution < 1.29 is 18.2 Å². The highest BCUT2D eigenvalue weighted by Crippen LogP contribution is 2.18. The van der Waals surface area contributed by atoms with Crippen LogP contribution in [-0.4, -0.2) is 40.6 Å². The van der Waals surface area contributed by atoms with E-state index in [1.54, 1.807) is 5.80 Å². The summed E-state index contributed by atoms with van der Waals surface area (Å²) in [6, 6.07) is 0.533. The summed E-state index contributed by atoms with van der Waals surface area (Å²) in [5.41, 5.74) is 0. The van der Waals surface area contributed by atoms with E-state index in [9.17, 15) is 4.89 Å². The molecule has 0 aromatic heterocycles. The number of rotatable bonds is 9. The molecule has 0 aliphatic heterocycles. The quantitative estimate of drug-likeness (QED) is 0.470. The molecule has 0 rings (SSSR count). The molecular formula is C10H23O4PSi. The monoisotopic (exact) mass is 266 g/mol. The molecule has 1 unspecified atom stereocenters. The van der Waals surface area contributed by atoms with Crippen LogP contribution in [0.25, 0.3) is 0 Å². The first-order valence-corrected chi connectivity index (χ1v) is 9.27. The van der Waals surface area contributed by atoms with Gasteiger partial charge in [0.25, 0.3) is 0 Å². The van der Waals surface area contributed by atoms with Crippen molar-refractivity contribution >= 4 is 22.4 Å². The molecule has 0 N–H and O–H groups in total. The van der Waals surface area contributed by atoms with Crippen LogP contribution in [0.1, 0.15) is 27.7 Å². The van der Waals surface area contributed by atoms with Gasteiger partial charge in [-0.1, -0.05) is 0 Å². The summed E-state index contributed by atoms with van der Waals surface area (Å²) in [5, 5.41) is 0. The first kappa shape index (κ1) is 16.2.